The zero-order valence-electron chi connectivity index (χ0n) is 15.7. The second-order valence-corrected chi connectivity index (χ2v) is 10.4. The number of halogens is 3. The molecule has 1 aromatic heterocycles. The van der Waals surface area contributed by atoms with Crippen LogP contribution in [0.25, 0.3) is 0 Å². The Hall–Kier alpha value is -1.54. The monoisotopic (exact) mass is 459 g/mol. The summed E-state index contributed by atoms with van der Waals surface area (Å²) in [6.45, 7) is 0. The van der Waals surface area contributed by atoms with Crippen LogP contribution in [-0.4, -0.2) is 36.3 Å². The normalized spacial score (nSPS) is 24.2. The van der Waals surface area contributed by atoms with E-state index >= 15 is 4.39 Å². The highest BCUT2D eigenvalue weighted by atomic mass is 35.5. The maximum absolute atomic E-state index is 15.9. The van der Waals surface area contributed by atoms with Crippen LogP contribution in [0.15, 0.2) is 36.5 Å². The van der Waals surface area contributed by atoms with E-state index in [1.54, 1.807) is 18.2 Å². The largest absolute Gasteiger partial charge is 0.382 e. The van der Waals surface area contributed by atoms with Gasteiger partial charge in [-0.2, -0.15) is 0 Å². The van der Waals surface area contributed by atoms with Crippen molar-refractivity contribution in [2.45, 2.75) is 37.0 Å². The van der Waals surface area contributed by atoms with Crippen molar-refractivity contribution in [3.8, 4) is 0 Å². The van der Waals surface area contributed by atoms with Crippen LogP contribution in [0.5, 0.6) is 0 Å². The molecule has 1 aliphatic rings. The Morgan fingerprint density at radius 2 is 2.00 bits per heavy atom. The molecule has 0 radical (unpaired) electrons. The van der Waals surface area contributed by atoms with E-state index in [0.717, 1.165) is 6.26 Å². The molecule has 0 fully saturated rings. The predicted molar refractivity (Wildman–Crippen MR) is 110 cm³/mol. The van der Waals surface area contributed by atoms with Crippen molar-refractivity contribution in [1.82, 2.24) is 4.98 Å². The summed E-state index contributed by atoms with van der Waals surface area (Å²) < 4.78 is 39.4. The average molecular weight is 460 g/mol. The lowest BCUT2D eigenvalue weighted by molar-refractivity contribution is -0.134. The van der Waals surface area contributed by atoms with E-state index in [2.05, 4.69) is 4.98 Å². The number of aromatic nitrogens is 1. The lowest BCUT2D eigenvalue weighted by Crippen LogP contribution is -2.46. The Balaban J connectivity index is 1.89. The third-order valence-corrected chi connectivity index (χ3v) is 6.73. The number of alkyl halides is 1. The molecule has 1 heterocycles. The van der Waals surface area contributed by atoms with E-state index in [1.807, 2.05) is 0 Å². The van der Waals surface area contributed by atoms with Gasteiger partial charge in [-0.15, -0.1) is 0 Å². The lowest BCUT2D eigenvalue weighted by Gasteiger charge is -2.39. The van der Waals surface area contributed by atoms with Gasteiger partial charge < -0.3 is 5.11 Å². The summed E-state index contributed by atoms with van der Waals surface area (Å²) >= 11 is 12.0. The summed E-state index contributed by atoms with van der Waals surface area (Å²) in [5, 5.41) is 11.8. The van der Waals surface area contributed by atoms with Crippen molar-refractivity contribution in [3.63, 3.8) is 0 Å². The maximum Gasteiger partial charge on any atom is 0.195 e. The fourth-order valence-electron chi connectivity index (χ4n) is 3.76. The molecule has 0 bridgehead atoms. The number of carbonyl (C=O) groups is 1. The molecule has 0 saturated heterocycles. The molecule has 0 unspecified atom stereocenters. The molecule has 1 N–H and O–H groups in total. The molecule has 2 aromatic rings. The molecule has 2 atom stereocenters. The first-order chi connectivity index (χ1) is 13.4. The zero-order valence-corrected chi connectivity index (χ0v) is 18.0. The maximum atomic E-state index is 15.9. The number of hydrogen-bond donors (Lipinski definition) is 1. The first-order valence-electron chi connectivity index (χ1n) is 8.97. The summed E-state index contributed by atoms with van der Waals surface area (Å²) in [6.07, 6.45) is 1.89. The molecule has 0 spiro atoms. The number of sulfone groups is 1. The molecule has 3 rings (SSSR count). The second kappa shape index (κ2) is 7.95. The summed E-state index contributed by atoms with van der Waals surface area (Å²) in [6, 6.07) is 7.72. The van der Waals surface area contributed by atoms with Crippen molar-refractivity contribution in [2.75, 3.05) is 12.0 Å². The third kappa shape index (κ3) is 4.63. The van der Waals surface area contributed by atoms with Gasteiger partial charge in [0.2, 0.25) is 0 Å². The van der Waals surface area contributed by atoms with Gasteiger partial charge in [0.1, 0.15) is 5.60 Å². The number of benzene rings is 1. The predicted octanol–water partition coefficient (Wildman–Crippen LogP) is 3.78. The SMILES string of the molecule is CS(=O)(=O)C[C@@]1(O)CC[C@@](F)(C(=O)CCc2ccc(Cl)cc2Cl)c2cccnc21. The van der Waals surface area contributed by atoms with Gasteiger partial charge in [0.05, 0.1) is 11.4 Å². The number of aryl methyl sites for hydroxylation is 1. The molecule has 0 aliphatic heterocycles. The Morgan fingerprint density at radius 3 is 2.66 bits per heavy atom. The minimum absolute atomic E-state index is 0.0791. The number of Topliss-reactive ketones (excluding diaryl/α,β-unsaturated/α-hetero) is 1. The van der Waals surface area contributed by atoms with Gasteiger partial charge in [0, 0.05) is 34.5 Å². The molecule has 156 valence electrons. The van der Waals surface area contributed by atoms with Crippen molar-refractivity contribution in [3.05, 3.63) is 63.4 Å². The van der Waals surface area contributed by atoms with Gasteiger partial charge >= 0.3 is 0 Å². The van der Waals surface area contributed by atoms with Crippen molar-refractivity contribution < 1.29 is 22.7 Å². The van der Waals surface area contributed by atoms with Crippen LogP contribution in [0.4, 0.5) is 4.39 Å². The number of hydrogen-bond acceptors (Lipinski definition) is 5. The van der Waals surface area contributed by atoms with E-state index in [1.165, 1.54) is 18.3 Å². The fraction of sp³-hybridized carbons (Fsp3) is 0.400. The van der Waals surface area contributed by atoms with Crippen LogP contribution in [0, 0.1) is 0 Å². The Bertz CT molecular complexity index is 1060. The highest BCUT2D eigenvalue weighted by Crippen LogP contribution is 2.46. The van der Waals surface area contributed by atoms with E-state index in [0.29, 0.717) is 15.6 Å². The number of pyridine rings is 1. The molecule has 0 saturated carbocycles. The summed E-state index contributed by atoms with van der Waals surface area (Å²) in [5.41, 5.74) is -3.70. The van der Waals surface area contributed by atoms with Gasteiger partial charge in [-0.3, -0.25) is 9.78 Å². The summed E-state index contributed by atoms with van der Waals surface area (Å²) in [7, 11) is -3.56. The van der Waals surface area contributed by atoms with Crippen LogP contribution in [0.2, 0.25) is 10.0 Å². The topological polar surface area (TPSA) is 84.3 Å². The molecule has 5 nitrogen and oxygen atoms in total. The molecule has 1 aliphatic carbocycles. The van der Waals surface area contributed by atoms with Crippen LogP contribution >= 0.6 is 23.2 Å². The van der Waals surface area contributed by atoms with Gasteiger partial charge in [-0.1, -0.05) is 35.3 Å². The van der Waals surface area contributed by atoms with E-state index in [-0.39, 0.29) is 36.9 Å². The fourth-order valence-corrected chi connectivity index (χ4v) is 5.41. The summed E-state index contributed by atoms with van der Waals surface area (Å²) in [4.78, 5) is 16.9. The smallest absolute Gasteiger partial charge is 0.195 e. The van der Waals surface area contributed by atoms with Gasteiger partial charge in [-0.25, -0.2) is 12.8 Å². The van der Waals surface area contributed by atoms with Gasteiger partial charge in [-0.05, 0) is 43.0 Å². The van der Waals surface area contributed by atoms with Crippen LogP contribution in [-0.2, 0) is 32.3 Å². The second-order valence-electron chi connectivity index (χ2n) is 7.46. The van der Waals surface area contributed by atoms with Gasteiger partial charge in [0.15, 0.2) is 21.3 Å². The molecular weight excluding hydrogens is 440 g/mol. The first-order valence-corrected chi connectivity index (χ1v) is 11.8. The Labute approximate surface area is 178 Å². The molecule has 1 aromatic carbocycles. The van der Waals surface area contributed by atoms with Crippen LogP contribution < -0.4 is 0 Å². The van der Waals surface area contributed by atoms with Crippen LogP contribution in [0.1, 0.15) is 36.1 Å². The average Bonchev–Trinajstić information content (AvgIpc) is 2.63. The number of fused-ring (bicyclic) bond motifs is 1. The number of rotatable bonds is 6. The first kappa shape index (κ1) is 22.2. The van der Waals surface area contributed by atoms with E-state index < -0.39 is 32.6 Å². The highest BCUT2D eigenvalue weighted by molar-refractivity contribution is 7.90. The standard InChI is InChI=1S/C20H20Cl2FNO4S/c1-29(27,28)12-19(26)8-9-20(23,15-3-2-10-24-18(15)19)17(25)7-5-13-4-6-14(21)11-16(13)22/h2-4,6,10-11,26H,5,7-9,12H2,1H3/t19-,20-/m0/s1. The Morgan fingerprint density at radius 1 is 1.28 bits per heavy atom. The number of nitrogens with zero attached hydrogens (tertiary/aromatic N) is 1. The van der Waals surface area contributed by atoms with E-state index in [9.17, 15) is 18.3 Å². The quantitative estimate of drug-likeness (QED) is 0.710. The number of ketones is 1. The van der Waals surface area contributed by atoms with Crippen molar-refractivity contribution in [2.24, 2.45) is 0 Å². The zero-order chi connectivity index (χ0) is 21.4. The molecule has 29 heavy (non-hydrogen) atoms. The number of aliphatic hydroxyl groups is 1. The van der Waals surface area contributed by atoms with Crippen molar-refractivity contribution in [1.29, 1.82) is 0 Å². The highest BCUT2D eigenvalue weighted by Gasteiger charge is 2.52. The minimum atomic E-state index is -3.56. The molecule has 0 amide bonds. The molecular formula is C20H20Cl2FNO4S. The Kier molecular flexibility index (Phi) is 6.07. The molecule has 9 heteroatoms. The summed E-state index contributed by atoms with van der Waals surface area (Å²) in [5.74, 6) is -1.26. The van der Waals surface area contributed by atoms with Crippen molar-refractivity contribution >= 4 is 38.8 Å². The van der Waals surface area contributed by atoms with E-state index in [4.69, 9.17) is 23.2 Å². The minimum Gasteiger partial charge on any atom is -0.382 e. The lowest BCUT2D eigenvalue weighted by atomic mass is 9.73. The van der Waals surface area contributed by atoms with Gasteiger partial charge in [0.25, 0.3) is 0 Å². The third-order valence-electron chi connectivity index (χ3n) is 5.14. The van der Waals surface area contributed by atoms with Crippen LogP contribution in [0.3, 0.4) is 0 Å². The number of carbonyl (C=O) groups excluding carboxylic acids is 1.